The summed E-state index contributed by atoms with van der Waals surface area (Å²) < 4.78 is 32.1. The number of hydrazine groups is 1. The number of amides is 2. The van der Waals surface area contributed by atoms with Gasteiger partial charge in [0.05, 0.1) is 16.7 Å². The molecule has 0 unspecified atom stereocenters. The lowest BCUT2D eigenvalue weighted by molar-refractivity contribution is -0.384. The van der Waals surface area contributed by atoms with Crippen molar-refractivity contribution in [3.05, 3.63) is 81.9 Å². The second-order valence-electron chi connectivity index (χ2n) is 6.05. The van der Waals surface area contributed by atoms with Crippen molar-refractivity contribution in [1.29, 1.82) is 0 Å². The molecule has 0 saturated heterocycles. The monoisotopic (exact) mass is 416 g/mol. The van der Waals surface area contributed by atoms with Gasteiger partial charge in [-0.1, -0.05) is 6.07 Å². The lowest BCUT2D eigenvalue weighted by Gasteiger charge is -2.06. The van der Waals surface area contributed by atoms with E-state index in [1.807, 2.05) is 0 Å². The molecule has 2 N–H and O–H groups in total. The topological polar surface area (TPSA) is 127 Å². The van der Waals surface area contributed by atoms with Crippen molar-refractivity contribution in [2.75, 3.05) is 0 Å². The SMILES string of the molecule is O=C(CCc1ncc(-c2ccc(F)cc2F)o1)NNC(=O)c1cccc([N+](=O)[O-])c1. The zero-order chi connectivity index (χ0) is 21.7. The van der Waals surface area contributed by atoms with Gasteiger partial charge < -0.3 is 4.42 Å². The van der Waals surface area contributed by atoms with Crippen LogP contribution in [0.15, 0.2) is 53.1 Å². The number of nitro groups is 1. The average molecular weight is 416 g/mol. The molecule has 0 radical (unpaired) electrons. The summed E-state index contributed by atoms with van der Waals surface area (Å²) in [6.45, 7) is 0. The molecule has 11 heteroatoms. The quantitative estimate of drug-likeness (QED) is 0.470. The maximum absolute atomic E-state index is 13.8. The molecule has 1 aromatic heterocycles. The van der Waals surface area contributed by atoms with Crippen LogP contribution in [0.5, 0.6) is 0 Å². The van der Waals surface area contributed by atoms with E-state index in [1.54, 1.807) is 0 Å². The second kappa shape index (κ2) is 8.90. The Hall–Kier alpha value is -4.15. The number of carbonyl (C=O) groups excluding carboxylic acids is 2. The molecule has 0 bridgehead atoms. The number of aromatic nitrogens is 1. The van der Waals surface area contributed by atoms with Gasteiger partial charge >= 0.3 is 0 Å². The van der Waals surface area contributed by atoms with Gasteiger partial charge in [0.1, 0.15) is 11.6 Å². The number of carbonyl (C=O) groups is 2. The molecule has 0 fully saturated rings. The van der Waals surface area contributed by atoms with Crippen LogP contribution < -0.4 is 10.9 Å². The number of hydrogen-bond acceptors (Lipinski definition) is 6. The van der Waals surface area contributed by atoms with Crippen molar-refractivity contribution >= 4 is 17.5 Å². The Bertz CT molecular complexity index is 1120. The van der Waals surface area contributed by atoms with E-state index in [2.05, 4.69) is 15.8 Å². The normalized spacial score (nSPS) is 10.5. The van der Waals surface area contributed by atoms with Gasteiger partial charge in [-0.05, 0) is 18.2 Å². The average Bonchev–Trinajstić information content (AvgIpc) is 3.19. The van der Waals surface area contributed by atoms with E-state index in [0.29, 0.717) is 0 Å². The summed E-state index contributed by atoms with van der Waals surface area (Å²) in [6, 6.07) is 8.02. The van der Waals surface area contributed by atoms with Crippen molar-refractivity contribution in [2.24, 2.45) is 0 Å². The Balaban J connectivity index is 1.51. The van der Waals surface area contributed by atoms with Crippen molar-refractivity contribution in [3.63, 3.8) is 0 Å². The van der Waals surface area contributed by atoms with Gasteiger partial charge in [0.15, 0.2) is 11.7 Å². The van der Waals surface area contributed by atoms with E-state index >= 15 is 0 Å². The summed E-state index contributed by atoms with van der Waals surface area (Å²) in [7, 11) is 0. The first-order valence-corrected chi connectivity index (χ1v) is 8.57. The minimum absolute atomic E-state index is 0.00293. The highest BCUT2D eigenvalue weighted by atomic mass is 19.1. The van der Waals surface area contributed by atoms with Crippen LogP contribution in [0.1, 0.15) is 22.7 Å². The Morgan fingerprint density at radius 2 is 1.93 bits per heavy atom. The molecule has 1 heterocycles. The van der Waals surface area contributed by atoms with Crippen molar-refractivity contribution in [1.82, 2.24) is 15.8 Å². The van der Waals surface area contributed by atoms with Crippen LogP contribution in [0.25, 0.3) is 11.3 Å². The van der Waals surface area contributed by atoms with Crippen LogP contribution in [-0.4, -0.2) is 21.7 Å². The number of aryl methyl sites for hydroxylation is 1. The molecule has 3 rings (SSSR count). The number of nitrogens with zero attached hydrogens (tertiary/aromatic N) is 2. The maximum Gasteiger partial charge on any atom is 0.270 e. The van der Waals surface area contributed by atoms with Gasteiger partial charge in [-0.2, -0.15) is 0 Å². The molecule has 30 heavy (non-hydrogen) atoms. The first-order valence-electron chi connectivity index (χ1n) is 8.57. The molecular weight excluding hydrogens is 402 g/mol. The number of nitro benzene ring substituents is 1. The van der Waals surface area contributed by atoms with E-state index in [-0.39, 0.29) is 41.3 Å². The molecule has 0 saturated carbocycles. The van der Waals surface area contributed by atoms with E-state index in [0.717, 1.165) is 18.2 Å². The first-order chi connectivity index (χ1) is 14.3. The fourth-order valence-corrected chi connectivity index (χ4v) is 2.48. The number of non-ortho nitro benzene ring substituents is 1. The molecule has 9 nitrogen and oxygen atoms in total. The maximum atomic E-state index is 13.8. The van der Waals surface area contributed by atoms with E-state index in [4.69, 9.17) is 4.42 Å². The summed E-state index contributed by atoms with van der Waals surface area (Å²) in [5.41, 5.74) is 4.10. The highest BCUT2D eigenvalue weighted by molar-refractivity contribution is 5.95. The standard InChI is InChI=1S/C19H14F2N4O5/c20-12-4-5-14(15(21)9-12)16-10-22-18(30-16)7-6-17(26)23-24-19(27)11-2-1-3-13(8-11)25(28)29/h1-5,8-10H,6-7H2,(H,23,26)(H,24,27). The lowest BCUT2D eigenvalue weighted by atomic mass is 10.2. The second-order valence-corrected chi connectivity index (χ2v) is 6.05. The molecule has 3 aromatic rings. The number of benzene rings is 2. The van der Waals surface area contributed by atoms with Crippen LogP contribution in [0.3, 0.4) is 0 Å². The van der Waals surface area contributed by atoms with Crippen LogP contribution in [0.4, 0.5) is 14.5 Å². The van der Waals surface area contributed by atoms with Gasteiger partial charge in [0.25, 0.3) is 11.6 Å². The van der Waals surface area contributed by atoms with Crippen molar-refractivity contribution < 1.29 is 27.7 Å². The highest BCUT2D eigenvalue weighted by Crippen LogP contribution is 2.24. The van der Waals surface area contributed by atoms with Gasteiger partial charge in [-0.25, -0.2) is 13.8 Å². The molecule has 0 spiro atoms. The summed E-state index contributed by atoms with van der Waals surface area (Å²) in [4.78, 5) is 37.9. The van der Waals surface area contributed by atoms with Crippen molar-refractivity contribution in [2.45, 2.75) is 12.8 Å². The third-order valence-electron chi connectivity index (χ3n) is 3.95. The minimum Gasteiger partial charge on any atom is -0.441 e. The van der Waals surface area contributed by atoms with Crippen molar-refractivity contribution in [3.8, 4) is 11.3 Å². The molecule has 154 valence electrons. The molecular formula is C19H14F2N4O5. The Labute approximate surface area is 167 Å². The number of halogens is 2. The smallest absolute Gasteiger partial charge is 0.270 e. The van der Waals surface area contributed by atoms with Crippen LogP contribution in [0.2, 0.25) is 0 Å². The lowest BCUT2D eigenvalue weighted by Crippen LogP contribution is -2.41. The third-order valence-corrected chi connectivity index (χ3v) is 3.95. The number of nitrogens with one attached hydrogen (secondary N) is 2. The van der Waals surface area contributed by atoms with Gasteiger partial charge in [0, 0.05) is 36.6 Å². The van der Waals surface area contributed by atoms with E-state index < -0.39 is 28.4 Å². The van der Waals surface area contributed by atoms with Crippen LogP contribution >= 0.6 is 0 Å². The van der Waals surface area contributed by atoms with Gasteiger partial charge in [-0.3, -0.25) is 30.6 Å². The predicted molar refractivity (Wildman–Crippen MR) is 98.9 cm³/mol. The third kappa shape index (κ3) is 5.01. The predicted octanol–water partition coefficient (Wildman–Crippen LogP) is 2.92. The molecule has 0 aliphatic rings. The molecule has 0 aliphatic heterocycles. The largest absolute Gasteiger partial charge is 0.441 e. The first kappa shape index (κ1) is 20.6. The van der Waals surface area contributed by atoms with Gasteiger partial charge in [0.2, 0.25) is 5.91 Å². The summed E-state index contributed by atoms with van der Waals surface area (Å²) in [5, 5.41) is 10.7. The highest BCUT2D eigenvalue weighted by Gasteiger charge is 2.14. The van der Waals surface area contributed by atoms with E-state index in [9.17, 15) is 28.5 Å². The fraction of sp³-hybridized carbons (Fsp3) is 0.105. The van der Waals surface area contributed by atoms with Crippen LogP contribution in [0, 0.1) is 21.7 Å². The molecule has 0 atom stereocenters. The number of oxazole rings is 1. The molecule has 2 aromatic carbocycles. The van der Waals surface area contributed by atoms with E-state index in [1.165, 1.54) is 30.5 Å². The zero-order valence-electron chi connectivity index (χ0n) is 15.2. The molecule has 2 amide bonds. The fourth-order valence-electron chi connectivity index (χ4n) is 2.48. The Morgan fingerprint density at radius 3 is 2.67 bits per heavy atom. The number of rotatable bonds is 6. The summed E-state index contributed by atoms with van der Waals surface area (Å²) in [5.74, 6) is -2.59. The Morgan fingerprint density at radius 1 is 1.13 bits per heavy atom. The Kier molecular flexibility index (Phi) is 6.11. The molecule has 0 aliphatic carbocycles. The minimum atomic E-state index is -0.806. The zero-order valence-corrected chi connectivity index (χ0v) is 15.2. The van der Waals surface area contributed by atoms with Gasteiger partial charge in [-0.15, -0.1) is 0 Å². The summed E-state index contributed by atoms with van der Waals surface area (Å²) >= 11 is 0. The number of hydrogen-bond donors (Lipinski definition) is 2. The van der Waals surface area contributed by atoms with Crippen LogP contribution in [-0.2, 0) is 11.2 Å². The summed E-state index contributed by atoms with van der Waals surface area (Å²) in [6.07, 6.45) is 1.20.